The molecule has 1 N–H and O–H groups in total. The minimum absolute atomic E-state index is 0.113. The van der Waals surface area contributed by atoms with Gasteiger partial charge in [-0.05, 0) is 64.4 Å². The number of aliphatic hydroxyl groups is 1. The molecule has 3 aliphatic rings. The van der Waals surface area contributed by atoms with E-state index < -0.39 is 27.1 Å². The summed E-state index contributed by atoms with van der Waals surface area (Å²) in [5, 5.41) is 12.2. The molecule has 3 heterocycles. The average Bonchev–Trinajstić information content (AvgIpc) is 3.54. The molecule has 2 amide bonds. The molecule has 2 unspecified atom stereocenters. The van der Waals surface area contributed by atoms with Gasteiger partial charge in [-0.3, -0.25) is 4.79 Å². The number of aromatic nitrogens is 2. The normalized spacial score (nSPS) is 24.3. The minimum atomic E-state index is -2.96. The number of piperazine rings is 1. The number of imidazole rings is 1. The fraction of sp³-hybridized carbons (Fsp3) is 0.564. The van der Waals surface area contributed by atoms with Crippen LogP contribution in [0.5, 0.6) is 0 Å². The highest BCUT2D eigenvalue weighted by atomic mass is 32.2. The van der Waals surface area contributed by atoms with Gasteiger partial charge in [0.15, 0.2) is 5.69 Å². The van der Waals surface area contributed by atoms with Crippen molar-refractivity contribution in [2.75, 3.05) is 44.4 Å². The topological polar surface area (TPSA) is 131 Å². The van der Waals surface area contributed by atoms with E-state index in [1.165, 1.54) is 0 Å². The number of amides is 2. The average molecular weight is 721 g/mol. The van der Waals surface area contributed by atoms with Crippen molar-refractivity contribution in [2.45, 2.75) is 89.0 Å². The number of sulfone groups is 1. The first kappa shape index (κ1) is 37.0. The molecule has 0 radical (unpaired) electrons. The third-order valence-electron chi connectivity index (χ3n) is 10.4. The van der Waals surface area contributed by atoms with Crippen LogP contribution in [0.25, 0.3) is 11.3 Å². The van der Waals surface area contributed by atoms with Crippen LogP contribution < -0.4 is 0 Å². The fourth-order valence-electron chi connectivity index (χ4n) is 7.73. The SMILES string of the molecule is CC(C)(C)OC(=O)N1CCN(C(=O)c2ncn(C3CCCCC3(O)COCC3CCS(=O)(=O)CC3)c2-c2ccccc2)[C@H](Cc2ccccc2)C1. The molecule has 0 bridgehead atoms. The Labute approximate surface area is 301 Å². The summed E-state index contributed by atoms with van der Waals surface area (Å²) >= 11 is 0. The summed E-state index contributed by atoms with van der Waals surface area (Å²) < 4.78 is 37.7. The maximum absolute atomic E-state index is 14.7. The number of hydrogen-bond donors (Lipinski definition) is 1. The number of carbonyl (C=O) groups excluding carboxylic acids is 2. The second-order valence-electron chi connectivity index (χ2n) is 15.5. The Kier molecular flexibility index (Phi) is 11.2. The molecule has 3 fully saturated rings. The second-order valence-corrected chi connectivity index (χ2v) is 17.8. The summed E-state index contributed by atoms with van der Waals surface area (Å²) in [5.74, 6) is 0.293. The summed E-state index contributed by atoms with van der Waals surface area (Å²) in [6.07, 6.45) is 5.99. The number of ether oxygens (including phenoxy) is 2. The van der Waals surface area contributed by atoms with Crippen molar-refractivity contribution in [3.63, 3.8) is 0 Å². The Hall–Kier alpha value is -3.74. The van der Waals surface area contributed by atoms with Crippen LogP contribution in [0, 0.1) is 5.92 Å². The molecular weight excluding hydrogens is 669 g/mol. The lowest BCUT2D eigenvalue weighted by Crippen LogP contribution is -2.58. The summed E-state index contributed by atoms with van der Waals surface area (Å²) in [6.45, 7) is 7.03. The molecule has 1 saturated carbocycles. The largest absolute Gasteiger partial charge is 0.444 e. The van der Waals surface area contributed by atoms with E-state index >= 15 is 0 Å². The third kappa shape index (κ3) is 9.02. The number of hydrogen-bond acceptors (Lipinski definition) is 8. The molecule has 1 aromatic heterocycles. The molecule has 1 aliphatic carbocycles. The van der Waals surface area contributed by atoms with E-state index in [4.69, 9.17) is 14.5 Å². The van der Waals surface area contributed by atoms with Crippen molar-refractivity contribution in [3.8, 4) is 11.3 Å². The van der Waals surface area contributed by atoms with E-state index in [1.54, 1.807) is 11.2 Å². The van der Waals surface area contributed by atoms with Crippen LogP contribution in [0.3, 0.4) is 0 Å². The van der Waals surface area contributed by atoms with Crippen molar-refractivity contribution < 1.29 is 32.6 Å². The monoisotopic (exact) mass is 720 g/mol. The van der Waals surface area contributed by atoms with E-state index in [2.05, 4.69) is 0 Å². The molecule has 2 saturated heterocycles. The zero-order chi connectivity index (χ0) is 36.2. The molecule has 0 spiro atoms. The van der Waals surface area contributed by atoms with Gasteiger partial charge in [0.2, 0.25) is 0 Å². The van der Waals surface area contributed by atoms with Crippen LogP contribution in [-0.4, -0.2) is 106 Å². The molecule has 2 aliphatic heterocycles. The smallest absolute Gasteiger partial charge is 0.410 e. The van der Waals surface area contributed by atoms with Crippen molar-refractivity contribution in [2.24, 2.45) is 5.92 Å². The maximum Gasteiger partial charge on any atom is 0.410 e. The first-order valence-electron chi connectivity index (χ1n) is 18.3. The van der Waals surface area contributed by atoms with Gasteiger partial charge >= 0.3 is 6.09 Å². The van der Waals surface area contributed by atoms with Crippen LogP contribution in [0.15, 0.2) is 67.0 Å². The Bertz CT molecular complexity index is 1740. The van der Waals surface area contributed by atoms with Crippen LogP contribution >= 0.6 is 0 Å². The van der Waals surface area contributed by atoms with Crippen molar-refractivity contribution in [1.82, 2.24) is 19.4 Å². The van der Waals surface area contributed by atoms with Crippen molar-refractivity contribution >= 4 is 21.8 Å². The fourth-order valence-corrected chi connectivity index (χ4v) is 9.31. The Morgan fingerprint density at radius 1 is 0.961 bits per heavy atom. The highest BCUT2D eigenvalue weighted by Gasteiger charge is 2.43. The first-order chi connectivity index (χ1) is 24.3. The summed E-state index contributed by atoms with van der Waals surface area (Å²) in [4.78, 5) is 36.2. The molecule has 3 aromatic rings. The number of carbonyl (C=O) groups is 2. The van der Waals surface area contributed by atoms with Gasteiger partial charge in [0.05, 0.1) is 42.2 Å². The lowest BCUT2D eigenvalue weighted by Gasteiger charge is -2.42. The van der Waals surface area contributed by atoms with Gasteiger partial charge < -0.3 is 28.9 Å². The standard InChI is InChI=1S/C39H52N4O7S/c1-38(2,3)50-37(45)41-20-21-42(32(25-41)24-29-12-6-4-7-13-29)36(44)34-35(31-14-8-5-9-15-31)43(28-40-34)33-16-10-11-19-39(33,46)27-49-26-30-17-22-51(47,48)23-18-30/h4-9,12-15,28,30,32-33,46H,10-11,16-27H2,1-3H3/t32-,33?,39?/m1/s1. The number of benzene rings is 2. The first-order valence-corrected chi connectivity index (χ1v) is 20.1. The lowest BCUT2D eigenvalue weighted by molar-refractivity contribution is -0.104. The van der Waals surface area contributed by atoms with Crippen molar-refractivity contribution in [3.05, 3.63) is 78.2 Å². The molecule has 51 heavy (non-hydrogen) atoms. The van der Waals surface area contributed by atoms with Crippen LogP contribution in [-0.2, 0) is 25.7 Å². The zero-order valence-electron chi connectivity index (χ0n) is 30.1. The zero-order valence-corrected chi connectivity index (χ0v) is 30.9. The Morgan fingerprint density at radius 2 is 1.65 bits per heavy atom. The van der Waals surface area contributed by atoms with E-state index in [-0.39, 0.29) is 42.0 Å². The third-order valence-corrected chi connectivity index (χ3v) is 12.1. The highest BCUT2D eigenvalue weighted by molar-refractivity contribution is 7.91. The van der Waals surface area contributed by atoms with Crippen molar-refractivity contribution in [1.29, 1.82) is 0 Å². The Morgan fingerprint density at radius 3 is 2.33 bits per heavy atom. The second kappa shape index (κ2) is 15.5. The lowest BCUT2D eigenvalue weighted by atomic mass is 9.80. The minimum Gasteiger partial charge on any atom is -0.444 e. The van der Waals surface area contributed by atoms with E-state index in [0.29, 0.717) is 69.7 Å². The van der Waals surface area contributed by atoms with Crippen LogP contribution in [0.1, 0.15) is 81.4 Å². The van der Waals surface area contributed by atoms with Gasteiger partial charge in [0.25, 0.3) is 5.91 Å². The highest BCUT2D eigenvalue weighted by Crippen LogP contribution is 2.41. The van der Waals surface area contributed by atoms with Gasteiger partial charge in [0.1, 0.15) is 21.0 Å². The molecule has 6 rings (SSSR count). The van der Waals surface area contributed by atoms with E-state index in [0.717, 1.165) is 24.0 Å². The Balaban J connectivity index is 1.28. The predicted molar refractivity (Wildman–Crippen MR) is 195 cm³/mol. The molecule has 276 valence electrons. The van der Waals surface area contributed by atoms with Gasteiger partial charge in [0, 0.05) is 31.8 Å². The summed E-state index contributed by atoms with van der Waals surface area (Å²) in [6, 6.07) is 19.0. The van der Waals surface area contributed by atoms with E-state index in [1.807, 2.05) is 90.9 Å². The van der Waals surface area contributed by atoms with E-state index in [9.17, 15) is 23.1 Å². The quantitative estimate of drug-likeness (QED) is 0.305. The van der Waals surface area contributed by atoms with Gasteiger partial charge in [-0.2, -0.15) is 0 Å². The predicted octanol–water partition coefficient (Wildman–Crippen LogP) is 5.54. The van der Waals surface area contributed by atoms with Crippen LogP contribution in [0.4, 0.5) is 4.79 Å². The van der Waals surface area contributed by atoms with Gasteiger partial charge in [-0.15, -0.1) is 0 Å². The number of nitrogens with zero attached hydrogens (tertiary/aromatic N) is 4. The molecular formula is C39H52N4O7S. The molecule has 12 heteroatoms. The molecule has 3 atom stereocenters. The molecule has 11 nitrogen and oxygen atoms in total. The maximum atomic E-state index is 14.7. The summed E-state index contributed by atoms with van der Waals surface area (Å²) in [7, 11) is -2.96. The van der Waals surface area contributed by atoms with Gasteiger partial charge in [-0.1, -0.05) is 73.5 Å². The molecule has 2 aromatic carbocycles. The number of rotatable bonds is 9. The van der Waals surface area contributed by atoms with Gasteiger partial charge in [-0.25, -0.2) is 18.2 Å². The summed E-state index contributed by atoms with van der Waals surface area (Å²) in [5.41, 5.74) is 1.00. The van der Waals surface area contributed by atoms with Crippen LogP contribution in [0.2, 0.25) is 0 Å².